The fourth-order valence-electron chi connectivity index (χ4n) is 3.61. The molecule has 1 saturated carbocycles. The fraction of sp³-hybridized carbons (Fsp3) is 0.714. The molecule has 1 aliphatic carbocycles. The van der Waals surface area contributed by atoms with Gasteiger partial charge in [0.25, 0.3) is 0 Å². The average Bonchev–Trinajstić information content (AvgIpc) is 2.70. The van der Waals surface area contributed by atoms with E-state index in [0.717, 1.165) is 42.7 Å². The van der Waals surface area contributed by atoms with Crippen molar-refractivity contribution >= 4 is 17.5 Å². The Labute approximate surface area is 114 Å². The van der Waals surface area contributed by atoms with Crippen molar-refractivity contribution in [3.63, 3.8) is 0 Å². The number of nitrogen functional groups attached to an aromatic ring is 2. The van der Waals surface area contributed by atoms with Crippen LogP contribution in [0.3, 0.4) is 0 Å². The van der Waals surface area contributed by atoms with E-state index in [4.69, 9.17) is 11.5 Å². The highest BCUT2D eigenvalue weighted by molar-refractivity contribution is 5.68. The van der Waals surface area contributed by atoms with E-state index in [1.54, 1.807) is 0 Å². The molecule has 3 heterocycles. The van der Waals surface area contributed by atoms with E-state index in [1.807, 2.05) is 0 Å². The summed E-state index contributed by atoms with van der Waals surface area (Å²) in [7, 11) is 0. The maximum Gasteiger partial charge on any atom is 0.222 e. The van der Waals surface area contributed by atoms with Crippen molar-refractivity contribution in [2.24, 2.45) is 11.8 Å². The Hall–Kier alpha value is -1.52. The molecule has 2 saturated heterocycles. The van der Waals surface area contributed by atoms with Crippen molar-refractivity contribution in [3.05, 3.63) is 5.69 Å². The predicted molar refractivity (Wildman–Crippen MR) is 77.9 cm³/mol. The lowest BCUT2D eigenvalue weighted by atomic mass is 9.84. The molecule has 0 atom stereocenters. The predicted octanol–water partition coefficient (Wildman–Crippen LogP) is 1.83. The van der Waals surface area contributed by atoms with Crippen LogP contribution < -0.4 is 16.4 Å². The molecule has 104 valence electrons. The van der Waals surface area contributed by atoms with E-state index in [0.29, 0.717) is 5.82 Å². The van der Waals surface area contributed by atoms with Crippen molar-refractivity contribution < 1.29 is 0 Å². The van der Waals surface area contributed by atoms with Gasteiger partial charge < -0.3 is 16.4 Å². The Kier molecular flexibility index (Phi) is 3.21. The smallest absolute Gasteiger partial charge is 0.222 e. The Balaban J connectivity index is 1.97. The first-order chi connectivity index (χ1) is 9.17. The van der Waals surface area contributed by atoms with Crippen LogP contribution in [0.5, 0.6) is 0 Å². The number of rotatable bonds is 2. The minimum absolute atomic E-state index is 0.288. The van der Waals surface area contributed by atoms with Crippen molar-refractivity contribution in [1.82, 2.24) is 9.97 Å². The second kappa shape index (κ2) is 4.87. The van der Waals surface area contributed by atoms with Gasteiger partial charge in [0.05, 0.1) is 5.69 Å². The number of nitrogens with two attached hydrogens (primary N) is 2. The molecule has 19 heavy (non-hydrogen) atoms. The first-order valence-corrected chi connectivity index (χ1v) is 7.34. The van der Waals surface area contributed by atoms with Crippen molar-refractivity contribution in [3.8, 4) is 0 Å². The van der Waals surface area contributed by atoms with Crippen molar-refractivity contribution in [1.29, 1.82) is 0 Å². The van der Waals surface area contributed by atoms with Crippen LogP contribution in [0.15, 0.2) is 0 Å². The molecule has 5 heteroatoms. The highest BCUT2D eigenvalue weighted by Crippen LogP contribution is 2.38. The molecule has 0 aromatic carbocycles. The van der Waals surface area contributed by atoms with Crippen LogP contribution in [0, 0.1) is 11.8 Å². The van der Waals surface area contributed by atoms with E-state index < -0.39 is 0 Å². The standard InChI is InChI=1S/C14H23N5/c1-2-11-12(13(15)18-14(16)17-11)19-7-9-3-4-10(8-19)6-5-9/h9-10H,2-8H2,1H3,(H4,15,16,17,18). The van der Waals surface area contributed by atoms with E-state index in [-0.39, 0.29) is 5.95 Å². The Morgan fingerprint density at radius 3 is 2.16 bits per heavy atom. The minimum atomic E-state index is 0.288. The lowest BCUT2D eigenvalue weighted by Crippen LogP contribution is -2.30. The lowest BCUT2D eigenvalue weighted by Gasteiger charge is -2.27. The van der Waals surface area contributed by atoms with Gasteiger partial charge in [-0.25, -0.2) is 4.98 Å². The van der Waals surface area contributed by atoms with Gasteiger partial charge in [-0.05, 0) is 43.9 Å². The van der Waals surface area contributed by atoms with Gasteiger partial charge >= 0.3 is 0 Å². The molecule has 0 amide bonds. The van der Waals surface area contributed by atoms with Crippen LogP contribution in [0.25, 0.3) is 0 Å². The third-order valence-electron chi connectivity index (χ3n) is 4.58. The van der Waals surface area contributed by atoms with Crippen molar-refractivity contribution in [2.45, 2.75) is 39.0 Å². The second-order valence-electron chi connectivity index (χ2n) is 5.91. The number of hydrogen-bond donors (Lipinski definition) is 2. The number of hydrogen-bond acceptors (Lipinski definition) is 5. The summed E-state index contributed by atoms with van der Waals surface area (Å²) in [5.74, 6) is 2.45. The minimum Gasteiger partial charge on any atom is -0.382 e. The Morgan fingerprint density at radius 2 is 1.63 bits per heavy atom. The van der Waals surface area contributed by atoms with Crippen molar-refractivity contribution in [2.75, 3.05) is 29.5 Å². The van der Waals surface area contributed by atoms with E-state index in [9.17, 15) is 0 Å². The molecule has 3 aliphatic rings. The maximum absolute atomic E-state index is 6.12. The average molecular weight is 261 g/mol. The molecular weight excluding hydrogens is 238 g/mol. The summed E-state index contributed by atoms with van der Waals surface area (Å²) in [5.41, 5.74) is 13.9. The SMILES string of the molecule is CCc1nc(N)nc(N)c1N1CC2CCC(CC2)C1. The number of anilines is 3. The molecule has 1 aromatic rings. The first kappa shape index (κ1) is 12.5. The van der Waals surface area contributed by atoms with Crippen LogP contribution >= 0.6 is 0 Å². The molecule has 1 aromatic heterocycles. The van der Waals surface area contributed by atoms with Gasteiger partial charge in [0.15, 0.2) is 5.82 Å². The van der Waals surface area contributed by atoms with Gasteiger partial charge in [0, 0.05) is 13.1 Å². The first-order valence-electron chi connectivity index (χ1n) is 7.34. The summed E-state index contributed by atoms with van der Waals surface area (Å²) in [6.45, 7) is 4.29. The number of aromatic nitrogens is 2. The topological polar surface area (TPSA) is 81.1 Å². The number of fused-ring (bicyclic) bond motifs is 4. The van der Waals surface area contributed by atoms with Gasteiger partial charge in [-0.3, -0.25) is 0 Å². The van der Waals surface area contributed by atoms with Crippen LogP contribution in [0.4, 0.5) is 17.5 Å². The molecule has 4 rings (SSSR count). The van der Waals surface area contributed by atoms with Crippen LogP contribution in [0.1, 0.15) is 38.3 Å². The molecule has 2 bridgehead atoms. The van der Waals surface area contributed by atoms with Crippen LogP contribution in [-0.4, -0.2) is 23.1 Å². The Bertz CT molecular complexity index is 451. The zero-order valence-electron chi connectivity index (χ0n) is 11.6. The van der Waals surface area contributed by atoms with Crippen LogP contribution in [-0.2, 0) is 6.42 Å². The van der Waals surface area contributed by atoms with Gasteiger partial charge in [-0.15, -0.1) is 0 Å². The third kappa shape index (κ3) is 2.33. The molecule has 0 radical (unpaired) electrons. The lowest BCUT2D eigenvalue weighted by molar-refractivity contribution is 0.326. The second-order valence-corrected chi connectivity index (χ2v) is 5.91. The van der Waals surface area contributed by atoms with Gasteiger partial charge in [-0.1, -0.05) is 6.92 Å². The van der Waals surface area contributed by atoms with Gasteiger partial charge in [0.1, 0.15) is 5.69 Å². The summed E-state index contributed by atoms with van der Waals surface area (Å²) >= 11 is 0. The normalized spacial score (nSPS) is 26.5. The van der Waals surface area contributed by atoms with Crippen LogP contribution in [0.2, 0.25) is 0 Å². The summed E-state index contributed by atoms with van der Waals surface area (Å²) in [5, 5.41) is 0. The largest absolute Gasteiger partial charge is 0.382 e. The number of aryl methyl sites for hydroxylation is 1. The Morgan fingerprint density at radius 1 is 1.05 bits per heavy atom. The van der Waals surface area contributed by atoms with E-state index in [2.05, 4.69) is 21.8 Å². The molecule has 0 unspecified atom stereocenters. The van der Waals surface area contributed by atoms with E-state index >= 15 is 0 Å². The molecular formula is C14H23N5. The molecule has 5 nitrogen and oxygen atoms in total. The summed E-state index contributed by atoms with van der Waals surface area (Å²) in [6, 6.07) is 0. The van der Waals surface area contributed by atoms with Gasteiger partial charge in [0.2, 0.25) is 5.95 Å². The highest BCUT2D eigenvalue weighted by atomic mass is 15.2. The zero-order valence-corrected chi connectivity index (χ0v) is 11.6. The quantitative estimate of drug-likeness (QED) is 0.849. The molecule has 4 N–H and O–H groups in total. The number of nitrogens with zero attached hydrogens (tertiary/aromatic N) is 3. The monoisotopic (exact) mass is 261 g/mol. The fourth-order valence-corrected chi connectivity index (χ4v) is 3.61. The molecule has 2 aliphatic heterocycles. The van der Waals surface area contributed by atoms with E-state index in [1.165, 1.54) is 25.7 Å². The molecule has 0 spiro atoms. The summed E-state index contributed by atoms with van der Waals surface area (Å²) in [6.07, 6.45) is 6.28. The zero-order chi connectivity index (χ0) is 13.4. The summed E-state index contributed by atoms with van der Waals surface area (Å²) in [4.78, 5) is 11.0. The molecule has 3 fully saturated rings. The highest BCUT2D eigenvalue weighted by Gasteiger charge is 2.31. The van der Waals surface area contributed by atoms with Gasteiger partial charge in [-0.2, -0.15) is 4.98 Å². The third-order valence-corrected chi connectivity index (χ3v) is 4.58. The maximum atomic E-state index is 6.12. The summed E-state index contributed by atoms with van der Waals surface area (Å²) < 4.78 is 0.